The molecular formula is C9H14N2O. The smallest absolute Gasteiger partial charge is 0.123 e. The lowest BCUT2D eigenvalue weighted by molar-refractivity contribution is 0.118. The SMILES string of the molecule is CC(C)(CN)Oc1ccncc1. The average Bonchev–Trinajstić information content (AvgIpc) is 2.06. The third-order valence-electron chi connectivity index (χ3n) is 1.54. The fraction of sp³-hybridized carbons (Fsp3) is 0.444. The maximum absolute atomic E-state index is 5.59. The van der Waals surface area contributed by atoms with Crippen LogP contribution in [0.15, 0.2) is 24.5 Å². The summed E-state index contributed by atoms with van der Waals surface area (Å²) in [5, 5.41) is 0. The first-order chi connectivity index (χ1) is 5.64. The molecular weight excluding hydrogens is 152 g/mol. The van der Waals surface area contributed by atoms with E-state index >= 15 is 0 Å². The molecule has 0 bridgehead atoms. The summed E-state index contributed by atoms with van der Waals surface area (Å²) in [6.45, 7) is 4.40. The van der Waals surface area contributed by atoms with Gasteiger partial charge in [-0.2, -0.15) is 0 Å². The first-order valence-corrected chi connectivity index (χ1v) is 3.93. The minimum atomic E-state index is -0.304. The molecule has 0 saturated carbocycles. The van der Waals surface area contributed by atoms with Crippen LogP contribution in [0.4, 0.5) is 0 Å². The maximum atomic E-state index is 5.59. The Labute approximate surface area is 72.6 Å². The van der Waals surface area contributed by atoms with Crippen LogP contribution < -0.4 is 10.5 Å². The molecule has 1 aromatic rings. The number of hydrogen-bond donors (Lipinski definition) is 1. The van der Waals surface area contributed by atoms with Crippen LogP contribution >= 0.6 is 0 Å². The highest BCUT2D eigenvalue weighted by Crippen LogP contribution is 2.15. The molecule has 3 nitrogen and oxygen atoms in total. The number of nitrogens with two attached hydrogens (primary N) is 1. The largest absolute Gasteiger partial charge is 0.486 e. The standard InChI is InChI=1S/C9H14N2O/c1-9(2,7-10)12-8-3-5-11-6-4-8/h3-6H,7,10H2,1-2H3. The van der Waals surface area contributed by atoms with Gasteiger partial charge in [-0.1, -0.05) is 0 Å². The zero-order valence-corrected chi connectivity index (χ0v) is 7.45. The fourth-order valence-electron chi connectivity index (χ4n) is 0.767. The van der Waals surface area contributed by atoms with E-state index in [-0.39, 0.29) is 5.60 Å². The van der Waals surface area contributed by atoms with Gasteiger partial charge in [0.05, 0.1) is 0 Å². The van der Waals surface area contributed by atoms with E-state index in [4.69, 9.17) is 10.5 Å². The molecule has 0 spiro atoms. The van der Waals surface area contributed by atoms with Gasteiger partial charge < -0.3 is 10.5 Å². The van der Waals surface area contributed by atoms with Crippen molar-refractivity contribution in [1.82, 2.24) is 4.98 Å². The predicted molar refractivity (Wildman–Crippen MR) is 48.0 cm³/mol. The van der Waals surface area contributed by atoms with E-state index in [1.165, 1.54) is 0 Å². The Balaban J connectivity index is 2.64. The summed E-state index contributed by atoms with van der Waals surface area (Å²) in [4.78, 5) is 3.89. The third-order valence-corrected chi connectivity index (χ3v) is 1.54. The fourth-order valence-corrected chi connectivity index (χ4v) is 0.767. The van der Waals surface area contributed by atoms with Crippen molar-refractivity contribution in [2.75, 3.05) is 6.54 Å². The second-order valence-electron chi connectivity index (χ2n) is 3.25. The summed E-state index contributed by atoms with van der Waals surface area (Å²) in [6.07, 6.45) is 3.39. The van der Waals surface area contributed by atoms with Crippen molar-refractivity contribution in [1.29, 1.82) is 0 Å². The molecule has 0 radical (unpaired) electrons. The van der Waals surface area contributed by atoms with Crippen molar-refractivity contribution < 1.29 is 4.74 Å². The number of aromatic nitrogens is 1. The van der Waals surface area contributed by atoms with Crippen LogP contribution in [-0.2, 0) is 0 Å². The lowest BCUT2D eigenvalue weighted by Gasteiger charge is -2.24. The summed E-state index contributed by atoms with van der Waals surface area (Å²) in [5.41, 5.74) is 5.21. The minimum Gasteiger partial charge on any atom is -0.486 e. The first kappa shape index (κ1) is 9.00. The van der Waals surface area contributed by atoms with E-state index in [2.05, 4.69) is 4.98 Å². The van der Waals surface area contributed by atoms with Gasteiger partial charge in [0, 0.05) is 18.9 Å². The zero-order valence-electron chi connectivity index (χ0n) is 7.45. The van der Waals surface area contributed by atoms with E-state index in [1.807, 2.05) is 26.0 Å². The summed E-state index contributed by atoms with van der Waals surface area (Å²) in [6, 6.07) is 3.63. The molecule has 2 N–H and O–H groups in total. The van der Waals surface area contributed by atoms with Crippen LogP contribution in [-0.4, -0.2) is 17.1 Å². The molecule has 0 aliphatic carbocycles. The normalized spacial score (nSPS) is 11.2. The highest BCUT2D eigenvalue weighted by atomic mass is 16.5. The predicted octanol–water partition coefficient (Wildman–Crippen LogP) is 1.20. The molecule has 0 saturated heterocycles. The number of nitrogens with zero attached hydrogens (tertiary/aromatic N) is 1. The van der Waals surface area contributed by atoms with E-state index in [0.29, 0.717) is 6.54 Å². The van der Waals surface area contributed by atoms with Crippen molar-refractivity contribution >= 4 is 0 Å². The van der Waals surface area contributed by atoms with E-state index in [0.717, 1.165) is 5.75 Å². The number of pyridine rings is 1. The van der Waals surface area contributed by atoms with Gasteiger partial charge in [0.1, 0.15) is 11.4 Å². The van der Waals surface area contributed by atoms with Crippen molar-refractivity contribution in [2.45, 2.75) is 19.4 Å². The lowest BCUT2D eigenvalue weighted by Crippen LogP contribution is -2.37. The number of rotatable bonds is 3. The van der Waals surface area contributed by atoms with Crippen LogP contribution in [0.3, 0.4) is 0 Å². The second kappa shape index (κ2) is 3.54. The van der Waals surface area contributed by atoms with E-state index in [1.54, 1.807) is 12.4 Å². The molecule has 0 aromatic carbocycles. The van der Waals surface area contributed by atoms with Crippen molar-refractivity contribution in [3.8, 4) is 5.75 Å². The third kappa shape index (κ3) is 2.51. The van der Waals surface area contributed by atoms with Gasteiger partial charge in [0.25, 0.3) is 0 Å². The molecule has 0 atom stereocenters. The van der Waals surface area contributed by atoms with Crippen LogP contribution in [0.5, 0.6) is 5.75 Å². The monoisotopic (exact) mass is 166 g/mol. The van der Waals surface area contributed by atoms with Crippen LogP contribution in [0.2, 0.25) is 0 Å². The Bertz CT molecular complexity index is 234. The van der Waals surface area contributed by atoms with Gasteiger partial charge in [-0.15, -0.1) is 0 Å². The Morgan fingerprint density at radius 3 is 2.50 bits per heavy atom. The van der Waals surface area contributed by atoms with Crippen molar-refractivity contribution in [3.05, 3.63) is 24.5 Å². The van der Waals surface area contributed by atoms with Gasteiger partial charge in [-0.25, -0.2) is 0 Å². The molecule has 0 fully saturated rings. The molecule has 66 valence electrons. The van der Waals surface area contributed by atoms with E-state index < -0.39 is 0 Å². The topological polar surface area (TPSA) is 48.1 Å². The first-order valence-electron chi connectivity index (χ1n) is 3.93. The Kier molecular flexibility index (Phi) is 2.65. The summed E-state index contributed by atoms with van der Waals surface area (Å²) < 4.78 is 5.59. The summed E-state index contributed by atoms with van der Waals surface area (Å²) >= 11 is 0. The minimum absolute atomic E-state index is 0.304. The highest BCUT2D eigenvalue weighted by molar-refractivity contribution is 5.17. The number of hydrogen-bond acceptors (Lipinski definition) is 3. The average molecular weight is 166 g/mol. The molecule has 1 heterocycles. The van der Waals surface area contributed by atoms with Crippen LogP contribution in [0, 0.1) is 0 Å². The highest BCUT2D eigenvalue weighted by Gasteiger charge is 2.16. The van der Waals surface area contributed by atoms with Crippen LogP contribution in [0.25, 0.3) is 0 Å². The molecule has 0 aliphatic heterocycles. The quantitative estimate of drug-likeness (QED) is 0.734. The van der Waals surface area contributed by atoms with Gasteiger partial charge in [-0.05, 0) is 26.0 Å². The Hall–Kier alpha value is -1.09. The van der Waals surface area contributed by atoms with Gasteiger partial charge >= 0.3 is 0 Å². The molecule has 0 aliphatic rings. The number of ether oxygens (including phenoxy) is 1. The van der Waals surface area contributed by atoms with Gasteiger partial charge in [0.15, 0.2) is 0 Å². The summed E-state index contributed by atoms with van der Waals surface area (Å²) in [5.74, 6) is 0.806. The van der Waals surface area contributed by atoms with Crippen molar-refractivity contribution in [2.24, 2.45) is 5.73 Å². The molecule has 12 heavy (non-hydrogen) atoms. The van der Waals surface area contributed by atoms with Gasteiger partial charge in [0.2, 0.25) is 0 Å². The molecule has 3 heteroatoms. The van der Waals surface area contributed by atoms with Gasteiger partial charge in [-0.3, -0.25) is 4.98 Å². The van der Waals surface area contributed by atoms with E-state index in [9.17, 15) is 0 Å². The lowest BCUT2D eigenvalue weighted by atomic mass is 10.1. The summed E-state index contributed by atoms with van der Waals surface area (Å²) in [7, 11) is 0. The molecule has 1 aromatic heterocycles. The maximum Gasteiger partial charge on any atom is 0.123 e. The second-order valence-corrected chi connectivity index (χ2v) is 3.25. The molecule has 0 amide bonds. The zero-order chi connectivity index (χ0) is 9.03. The Morgan fingerprint density at radius 2 is 2.00 bits per heavy atom. The van der Waals surface area contributed by atoms with Crippen LogP contribution in [0.1, 0.15) is 13.8 Å². The Morgan fingerprint density at radius 1 is 1.42 bits per heavy atom. The molecule has 0 unspecified atom stereocenters. The molecule has 1 rings (SSSR count). The van der Waals surface area contributed by atoms with Crippen molar-refractivity contribution in [3.63, 3.8) is 0 Å².